The molecular weight excluding hydrogens is 424 g/mol. The average molecular weight is 444 g/mol. The summed E-state index contributed by atoms with van der Waals surface area (Å²) in [6, 6.07) is 8.49. The summed E-state index contributed by atoms with van der Waals surface area (Å²) in [6.07, 6.45) is 7.92. The van der Waals surface area contributed by atoms with Crippen molar-refractivity contribution in [1.82, 2.24) is 14.5 Å². The number of likely N-dealkylation sites (tertiary alicyclic amines) is 1. The summed E-state index contributed by atoms with van der Waals surface area (Å²) < 4.78 is 3.51. The molecule has 1 saturated heterocycles. The summed E-state index contributed by atoms with van der Waals surface area (Å²) in [7, 11) is 0. The minimum atomic E-state index is 0.0707. The lowest BCUT2D eigenvalue weighted by Gasteiger charge is -2.33. The van der Waals surface area contributed by atoms with E-state index < -0.39 is 0 Å². The summed E-state index contributed by atoms with van der Waals surface area (Å²) in [6.45, 7) is 3.16. The van der Waals surface area contributed by atoms with E-state index in [0.29, 0.717) is 6.04 Å². The van der Waals surface area contributed by atoms with Crippen molar-refractivity contribution in [3.8, 4) is 0 Å². The van der Waals surface area contributed by atoms with Crippen LogP contribution >= 0.6 is 27.3 Å². The highest BCUT2D eigenvalue weighted by Crippen LogP contribution is 2.30. The molecule has 5 heterocycles. The number of piperidine rings is 1. The fraction of sp³-hybridized carbons (Fsp3) is 0.300. The van der Waals surface area contributed by atoms with Gasteiger partial charge in [0.2, 0.25) is 0 Å². The van der Waals surface area contributed by atoms with Gasteiger partial charge in [-0.25, -0.2) is 9.97 Å². The second-order valence-corrected chi connectivity index (χ2v) is 9.67. The number of H-pyrrole nitrogens is 2. The number of aromatic nitrogens is 3. The van der Waals surface area contributed by atoms with Gasteiger partial charge in [-0.1, -0.05) is 0 Å². The lowest BCUT2D eigenvalue weighted by atomic mass is 10.0. The monoisotopic (exact) mass is 443 g/mol. The minimum Gasteiger partial charge on any atom is -0.343 e. The first-order chi connectivity index (χ1) is 13.2. The first-order valence-electron chi connectivity index (χ1n) is 9.18. The number of halogens is 1. The van der Waals surface area contributed by atoms with E-state index >= 15 is 0 Å². The van der Waals surface area contributed by atoms with Crippen LogP contribution in [0.2, 0.25) is 0 Å². The number of thiophene rings is 1. The Bertz CT molecular complexity index is 1170. The van der Waals surface area contributed by atoms with Crippen LogP contribution in [0.5, 0.6) is 0 Å². The second kappa shape index (κ2) is 6.89. The summed E-state index contributed by atoms with van der Waals surface area (Å²) in [5.41, 5.74) is 2.07. The van der Waals surface area contributed by atoms with Gasteiger partial charge in [-0.2, -0.15) is 0 Å². The zero-order valence-corrected chi connectivity index (χ0v) is 17.1. The molecule has 4 aromatic rings. The minimum absolute atomic E-state index is 0.0707. The molecule has 0 unspecified atom stereocenters. The Morgan fingerprint density at radius 1 is 1.19 bits per heavy atom. The van der Waals surface area contributed by atoms with Crippen LogP contribution < -0.4 is 10.4 Å². The number of aromatic amines is 2. The van der Waals surface area contributed by atoms with Crippen molar-refractivity contribution in [2.24, 2.45) is 0 Å². The molecule has 138 valence electrons. The van der Waals surface area contributed by atoms with Gasteiger partial charge in [-0.3, -0.25) is 9.69 Å². The van der Waals surface area contributed by atoms with Crippen LogP contribution in [0.1, 0.15) is 23.8 Å². The first kappa shape index (κ1) is 17.2. The Balaban J connectivity index is 1.44. The van der Waals surface area contributed by atoms with Crippen molar-refractivity contribution < 1.29 is 4.98 Å². The molecule has 1 aliphatic heterocycles. The Hall–Kier alpha value is -1.96. The largest absolute Gasteiger partial charge is 0.343 e. The van der Waals surface area contributed by atoms with Crippen molar-refractivity contribution in [2.45, 2.75) is 25.4 Å². The van der Waals surface area contributed by atoms with Crippen molar-refractivity contribution in [1.29, 1.82) is 0 Å². The molecular formula is C20H20BrN4OS+. The average Bonchev–Trinajstić information content (AvgIpc) is 3.31. The maximum atomic E-state index is 12.4. The van der Waals surface area contributed by atoms with Gasteiger partial charge in [0.05, 0.1) is 26.3 Å². The standard InChI is InChI=1S/C20H19BrN4OS/c21-18-2-1-14(27-18)12-24-8-4-13(5-9-24)25-10-6-17(26)16-11-23-20-15(19(16)25)3-7-22-20/h1-3,6-7,10-11,13H,4-5,8-9,12H2,(H,22,23)/p+1. The van der Waals surface area contributed by atoms with Gasteiger partial charge in [-0.05, 0) is 47.0 Å². The first-order valence-corrected chi connectivity index (χ1v) is 10.8. The summed E-state index contributed by atoms with van der Waals surface area (Å²) in [5.74, 6) is 0. The van der Waals surface area contributed by atoms with Crippen molar-refractivity contribution in [3.63, 3.8) is 0 Å². The molecule has 0 aliphatic carbocycles. The molecule has 0 aromatic carbocycles. The Labute approximate surface area is 168 Å². The van der Waals surface area contributed by atoms with Crippen molar-refractivity contribution >= 4 is 49.2 Å². The van der Waals surface area contributed by atoms with Crippen molar-refractivity contribution in [2.75, 3.05) is 13.1 Å². The van der Waals surface area contributed by atoms with Crippen LogP contribution in [0.4, 0.5) is 0 Å². The summed E-state index contributed by atoms with van der Waals surface area (Å²) >= 11 is 5.36. The molecule has 5 nitrogen and oxygen atoms in total. The molecule has 0 bridgehead atoms. The molecule has 0 saturated carbocycles. The molecule has 27 heavy (non-hydrogen) atoms. The molecule has 1 aliphatic rings. The molecule has 0 atom stereocenters. The van der Waals surface area contributed by atoms with Crippen molar-refractivity contribution in [3.05, 3.63) is 61.7 Å². The number of hydrogen-bond donors (Lipinski definition) is 1. The molecule has 2 N–H and O–H groups in total. The van der Waals surface area contributed by atoms with E-state index in [4.69, 9.17) is 0 Å². The van der Waals surface area contributed by atoms with E-state index in [1.54, 1.807) is 6.07 Å². The second-order valence-electron chi connectivity index (χ2n) is 7.12. The van der Waals surface area contributed by atoms with Gasteiger partial charge < -0.3 is 4.57 Å². The van der Waals surface area contributed by atoms with Gasteiger partial charge in [0.25, 0.3) is 5.65 Å². The highest BCUT2D eigenvalue weighted by Gasteiger charge is 2.23. The van der Waals surface area contributed by atoms with Crippen LogP contribution in [-0.2, 0) is 6.54 Å². The van der Waals surface area contributed by atoms with E-state index in [0.717, 1.165) is 54.4 Å². The normalized spacial score (nSPS) is 16.5. The number of pyridine rings is 2. The molecule has 1 fully saturated rings. The Morgan fingerprint density at radius 2 is 2.04 bits per heavy atom. The predicted octanol–water partition coefficient (Wildman–Crippen LogP) is 3.96. The number of hydrogen-bond acceptors (Lipinski definition) is 3. The third-order valence-corrected chi connectivity index (χ3v) is 7.10. The smallest absolute Gasteiger partial charge is 0.286 e. The maximum absolute atomic E-state index is 12.4. The topological polar surface area (TPSA) is 55.2 Å². The molecule has 4 aromatic heterocycles. The van der Waals surface area contributed by atoms with Crippen LogP contribution in [0.3, 0.4) is 0 Å². The Kier molecular flexibility index (Phi) is 4.38. The van der Waals surface area contributed by atoms with E-state index in [1.807, 2.05) is 36.0 Å². The molecule has 0 spiro atoms. The maximum Gasteiger partial charge on any atom is 0.286 e. The number of rotatable bonds is 3. The van der Waals surface area contributed by atoms with E-state index in [9.17, 15) is 4.79 Å². The molecule has 7 heteroatoms. The zero-order valence-electron chi connectivity index (χ0n) is 14.7. The van der Waals surface area contributed by atoms with Crippen LogP contribution in [-0.4, -0.2) is 27.5 Å². The fourth-order valence-electron chi connectivity index (χ4n) is 4.14. The van der Waals surface area contributed by atoms with Gasteiger partial charge in [-0.15, -0.1) is 11.3 Å². The summed E-state index contributed by atoms with van der Waals surface area (Å²) in [5, 5.41) is 1.84. The highest BCUT2D eigenvalue weighted by molar-refractivity contribution is 9.11. The van der Waals surface area contributed by atoms with Gasteiger partial charge in [0.1, 0.15) is 6.20 Å². The van der Waals surface area contributed by atoms with E-state index in [1.165, 1.54) is 8.66 Å². The summed E-state index contributed by atoms with van der Waals surface area (Å²) in [4.78, 5) is 22.7. The number of nitrogens with one attached hydrogen (secondary N) is 2. The zero-order chi connectivity index (χ0) is 18.4. The fourth-order valence-corrected chi connectivity index (χ4v) is 5.66. The SMILES string of the molecule is O=c1ccn(C2CCN(Cc3ccc(Br)s3)CC2)c2c1c[nH+]c1[nH]ccc12. The van der Waals surface area contributed by atoms with Gasteiger partial charge in [0.15, 0.2) is 5.43 Å². The lowest BCUT2D eigenvalue weighted by molar-refractivity contribution is -0.345. The van der Waals surface area contributed by atoms with Gasteiger partial charge >= 0.3 is 0 Å². The van der Waals surface area contributed by atoms with Crippen LogP contribution in [0.25, 0.3) is 21.9 Å². The third-order valence-electron chi connectivity index (χ3n) is 5.49. The quantitative estimate of drug-likeness (QED) is 0.520. The molecule has 0 amide bonds. The number of nitrogens with zero attached hydrogens (tertiary/aromatic N) is 2. The van der Waals surface area contributed by atoms with E-state index in [-0.39, 0.29) is 5.43 Å². The lowest BCUT2D eigenvalue weighted by Crippen LogP contribution is -2.34. The molecule has 0 radical (unpaired) electrons. The van der Waals surface area contributed by atoms with Crippen LogP contribution in [0.15, 0.2) is 51.4 Å². The third kappa shape index (κ3) is 3.13. The predicted molar refractivity (Wildman–Crippen MR) is 112 cm³/mol. The van der Waals surface area contributed by atoms with Gasteiger partial charge in [0, 0.05) is 42.8 Å². The Morgan fingerprint density at radius 3 is 2.81 bits per heavy atom. The highest BCUT2D eigenvalue weighted by atomic mass is 79.9. The molecule has 5 rings (SSSR count). The number of fused-ring (bicyclic) bond motifs is 3. The van der Waals surface area contributed by atoms with E-state index in [2.05, 4.69) is 47.5 Å². The van der Waals surface area contributed by atoms with Crippen LogP contribution in [0, 0.1) is 0 Å².